The van der Waals surface area contributed by atoms with Gasteiger partial charge < -0.3 is 5.73 Å². The molecule has 0 bridgehead atoms. The zero-order chi connectivity index (χ0) is 13.4. The average Bonchev–Trinajstić information content (AvgIpc) is 2.38. The molecule has 0 fully saturated rings. The molecule has 0 amide bonds. The summed E-state index contributed by atoms with van der Waals surface area (Å²) in [7, 11) is 0. The largest absolute Gasteiger partial charge is 0.368 e. The van der Waals surface area contributed by atoms with Gasteiger partial charge in [-0.3, -0.25) is 4.79 Å². The molecule has 0 saturated carbocycles. The van der Waals surface area contributed by atoms with Crippen molar-refractivity contribution in [2.75, 3.05) is 5.73 Å². The van der Waals surface area contributed by atoms with Gasteiger partial charge in [0.25, 0.3) is 0 Å². The van der Waals surface area contributed by atoms with Crippen LogP contribution in [0.5, 0.6) is 0 Å². The molecule has 1 aromatic carbocycles. The van der Waals surface area contributed by atoms with Crippen molar-refractivity contribution in [3.8, 4) is 0 Å². The lowest BCUT2D eigenvalue weighted by atomic mass is 9.82. The number of aromatic nitrogens is 2. The molecule has 19 heavy (non-hydrogen) atoms. The Hall–Kier alpha value is -2.30. The molecule has 1 aliphatic rings. The van der Waals surface area contributed by atoms with E-state index in [1.54, 1.807) is 12.1 Å². The second-order valence-corrected chi connectivity index (χ2v) is 4.67. The number of halogens is 1. The Morgan fingerprint density at radius 2 is 1.95 bits per heavy atom. The number of nitrogens with zero attached hydrogens (tertiary/aromatic N) is 2. The molecule has 5 heteroatoms. The van der Waals surface area contributed by atoms with E-state index in [0.717, 1.165) is 5.56 Å². The van der Waals surface area contributed by atoms with E-state index >= 15 is 0 Å². The predicted octanol–water partition coefficient (Wildman–Crippen LogP) is 2.11. The first-order chi connectivity index (χ1) is 9.13. The molecule has 4 nitrogen and oxygen atoms in total. The minimum Gasteiger partial charge on any atom is -0.368 e. The number of Topliss-reactive ketones (excluding diaryl/α,β-unsaturated/α-hetero) is 1. The molecule has 96 valence electrons. The third-order valence-electron chi connectivity index (χ3n) is 3.40. The van der Waals surface area contributed by atoms with Gasteiger partial charge in [0.15, 0.2) is 5.78 Å². The Labute approximate surface area is 109 Å². The Bertz CT molecular complexity index is 640. The van der Waals surface area contributed by atoms with E-state index in [1.165, 1.54) is 18.3 Å². The number of rotatable bonds is 1. The van der Waals surface area contributed by atoms with Crippen LogP contribution in [0.15, 0.2) is 30.5 Å². The third-order valence-corrected chi connectivity index (χ3v) is 3.40. The van der Waals surface area contributed by atoms with Gasteiger partial charge in [0, 0.05) is 12.6 Å². The summed E-state index contributed by atoms with van der Waals surface area (Å²) in [5, 5.41) is 0. The predicted molar refractivity (Wildman–Crippen MR) is 68.2 cm³/mol. The van der Waals surface area contributed by atoms with Gasteiger partial charge in [-0.15, -0.1) is 0 Å². The standard InChI is InChI=1S/C14H12FN3O/c15-10-3-1-8(2-4-10)9-5-12-11(13(19)6-9)7-17-14(16)18-12/h1-4,7,9H,5-6H2,(H2,16,17,18)/t9-/m0/s1. The topological polar surface area (TPSA) is 68.9 Å². The maximum absolute atomic E-state index is 12.9. The van der Waals surface area contributed by atoms with Gasteiger partial charge in [-0.1, -0.05) is 12.1 Å². The van der Waals surface area contributed by atoms with E-state index in [2.05, 4.69) is 9.97 Å². The first-order valence-corrected chi connectivity index (χ1v) is 6.03. The van der Waals surface area contributed by atoms with Crippen LogP contribution in [0.3, 0.4) is 0 Å². The smallest absolute Gasteiger partial charge is 0.220 e. The van der Waals surface area contributed by atoms with Gasteiger partial charge in [-0.25, -0.2) is 14.4 Å². The van der Waals surface area contributed by atoms with Gasteiger partial charge in [-0.05, 0) is 30.0 Å². The fraction of sp³-hybridized carbons (Fsp3) is 0.214. The first kappa shape index (κ1) is 11.8. The number of fused-ring (bicyclic) bond motifs is 1. The molecular formula is C14H12FN3O. The van der Waals surface area contributed by atoms with Crippen LogP contribution in [-0.4, -0.2) is 15.8 Å². The SMILES string of the molecule is Nc1ncc2c(n1)C[C@H](c1ccc(F)cc1)CC2=O. The zero-order valence-corrected chi connectivity index (χ0v) is 10.1. The van der Waals surface area contributed by atoms with E-state index < -0.39 is 0 Å². The van der Waals surface area contributed by atoms with E-state index in [0.29, 0.717) is 24.1 Å². The molecule has 0 spiro atoms. The Morgan fingerprint density at radius 1 is 1.21 bits per heavy atom. The summed E-state index contributed by atoms with van der Waals surface area (Å²) < 4.78 is 12.9. The minimum absolute atomic E-state index is 0.00979. The van der Waals surface area contributed by atoms with Crippen LogP contribution in [0.25, 0.3) is 0 Å². The summed E-state index contributed by atoms with van der Waals surface area (Å²) in [6, 6.07) is 6.24. The van der Waals surface area contributed by atoms with Crippen LogP contribution >= 0.6 is 0 Å². The monoisotopic (exact) mass is 257 g/mol. The van der Waals surface area contributed by atoms with Crippen molar-refractivity contribution < 1.29 is 9.18 Å². The normalized spacial score (nSPS) is 18.2. The van der Waals surface area contributed by atoms with E-state index in [9.17, 15) is 9.18 Å². The number of carbonyl (C=O) groups excluding carboxylic acids is 1. The summed E-state index contributed by atoms with van der Waals surface area (Å²) in [5.41, 5.74) is 7.72. The third kappa shape index (κ3) is 2.19. The number of carbonyl (C=O) groups is 1. The molecule has 1 aromatic heterocycles. The Morgan fingerprint density at radius 3 is 2.68 bits per heavy atom. The lowest BCUT2D eigenvalue weighted by Gasteiger charge is -2.22. The van der Waals surface area contributed by atoms with Crippen molar-refractivity contribution in [3.63, 3.8) is 0 Å². The van der Waals surface area contributed by atoms with E-state index in [4.69, 9.17) is 5.73 Å². The molecule has 0 radical (unpaired) electrons. The summed E-state index contributed by atoms with van der Waals surface area (Å²) >= 11 is 0. The molecule has 0 saturated heterocycles. The number of hydrogen-bond donors (Lipinski definition) is 1. The number of ketones is 1. The van der Waals surface area contributed by atoms with Crippen LogP contribution in [0.4, 0.5) is 10.3 Å². The second kappa shape index (κ2) is 4.42. The highest BCUT2D eigenvalue weighted by atomic mass is 19.1. The number of hydrogen-bond acceptors (Lipinski definition) is 4. The molecule has 2 aromatic rings. The Kier molecular flexibility index (Phi) is 2.74. The van der Waals surface area contributed by atoms with Crippen LogP contribution in [0, 0.1) is 5.82 Å². The van der Waals surface area contributed by atoms with Crippen LogP contribution in [0.1, 0.15) is 34.0 Å². The highest BCUT2D eigenvalue weighted by molar-refractivity contribution is 5.98. The number of anilines is 1. The lowest BCUT2D eigenvalue weighted by molar-refractivity contribution is 0.0963. The highest BCUT2D eigenvalue weighted by Gasteiger charge is 2.27. The van der Waals surface area contributed by atoms with E-state index in [1.807, 2.05) is 0 Å². The summed E-state index contributed by atoms with van der Waals surface area (Å²) in [5.74, 6) is -0.0744. The van der Waals surface area contributed by atoms with Crippen LogP contribution < -0.4 is 5.73 Å². The molecular weight excluding hydrogens is 245 g/mol. The molecule has 1 heterocycles. The van der Waals surface area contributed by atoms with E-state index in [-0.39, 0.29) is 23.5 Å². The van der Waals surface area contributed by atoms with Crippen molar-refractivity contribution in [2.45, 2.75) is 18.8 Å². The molecule has 0 aliphatic heterocycles. The highest BCUT2D eigenvalue weighted by Crippen LogP contribution is 2.31. The quantitative estimate of drug-likeness (QED) is 0.849. The average molecular weight is 257 g/mol. The summed E-state index contributed by atoms with van der Waals surface area (Å²) in [6.45, 7) is 0. The van der Waals surface area contributed by atoms with Crippen molar-refractivity contribution >= 4 is 11.7 Å². The second-order valence-electron chi connectivity index (χ2n) is 4.67. The first-order valence-electron chi connectivity index (χ1n) is 6.03. The lowest BCUT2D eigenvalue weighted by Crippen LogP contribution is -2.21. The molecule has 2 N–H and O–H groups in total. The maximum Gasteiger partial charge on any atom is 0.220 e. The minimum atomic E-state index is -0.280. The number of nitrogen functional groups attached to an aromatic ring is 1. The zero-order valence-electron chi connectivity index (χ0n) is 10.1. The molecule has 1 aliphatic carbocycles. The van der Waals surface area contributed by atoms with Crippen molar-refractivity contribution in [1.29, 1.82) is 0 Å². The van der Waals surface area contributed by atoms with Crippen molar-refractivity contribution in [3.05, 3.63) is 53.1 Å². The fourth-order valence-electron chi connectivity index (χ4n) is 2.43. The number of benzene rings is 1. The van der Waals surface area contributed by atoms with Gasteiger partial charge >= 0.3 is 0 Å². The van der Waals surface area contributed by atoms with Gasteiger partial charge in [0.1, 0.15) is 5.82 Å². The Balaban J connectivity index is 1.96. The summed E-state index contributed by atoms with van der Waals surface area (Å²) in [4.78, 5) is 20.0. The molecule has 3 rings (SSSR count). The fourth-order valence-corrected chi connectivity index (χ4v) is 2.43. The molecule has 0 unspecified atom stereocenters. The van der Waals surface area contributed by atoms with Gasteiger partial charge in [0.05, 0.1) is 11.3 Å². The molecule has 1 atom stereocenters. The van der Waals surface area contributed by atoms with Crippen LogP contribution in [-0.2, 0) is 6.42 Å². The summed E-state index contributed by atoms with van der Waals surface area (Å²) in [6.07, 6.45) is 2.51. The maximum atomic E-state index is 12.9. The van der Waals surface area contributed by atoms with Gasteiger partial charge in [-0.2, -0.15) is 0 Å². The number of nitrogens with two attached hydrogens (primary N) is 1. The van der Waals surface area contributed by atoms with Crippen molar-refractivity contribution in [2.24, 2.45) is 0 Å². The van der Waals surface area contributed by atoms with Crippen LogP contribution in [0.2, 0.25) is 0 Å². The van der Waals surface area contributed by atoms with Crippen molar-refractivity contribution in [1.82, 2.24) is 9.97 Å². The van der Waals surface area contributed by atoms with Gasteiger partial charge in [0.2, 0.25) is 5.95 Å².